The zero-order valence-corrected chi connectivity index (χ0v) is 39.3. The Labute approximate surface area is 408 Å². The Morgan fingerprint density at radius 1 is 0.443 bits per heavy atom. The molecule has 2 aliphatic heterocycles. The van der Waals surface area contributed by atoms with E-state index in [4.69, 9.17) is 47.4 Å². The molecule has 2 saturated heterocycles. The van der Waals surface area contributed by atoms with Crippen LogP contribution in [0.3, 0.4) is 0 Å². The molecular formula is C56H62O14. The van der Waals surface area contributed by atoms with Crippen LogP contribution in [-0.4, -0.2) is 112 Å². The Balaban J connectivity index is 0.617. The van der Waals surface area contributed by atoms with Crippen LogP contribution in [0.25, 0.3) is 0 Å². The molecule has 14 heteroatoms. The summed E-state index contributed by atoms with van der Waals surface area (Å²) in [6.45, 7) is 2.59. The van der Waals surface area contributed by atoms with Gasteiger partial charge in [-0.3, -0.25) is 0 Å². The number of carbonyl (C=O) groups excluding carboxylic acids is 2. The van der Waals surface area contributed by atoms with Gasteiger partial charge in [-0.15, -0.1) is 0 Å². The molecule has 0 radical (unpaired) electrons. The van der Waals surface area contributed by atoms with Crippen molar-refractivity contribution in [3.8, 4) is 34.5 Å². The molecule has 370 valence electrons. The lowest BCUT2D eigenvalue weighted by Crippen LogP contribution is -2.25. The third-order valence-corrected chi connectivity index (χ3v) is 13.0. The zero-order chi connectivity index (χ0) is 48.1. The first-order valence-corrected chi connectivity index (χ1v) is 24.5. The van der Waals surface area contributed by atoms with Gasteiger partial charge in [0.1, 0.15) is 111 Å². The van der Waals surface area contributed by atoms with Gasteiger partial charge in [0.15, 0.2) is 0 Å². The molecule has 14 nitrogen and oxygen atoms in total. The van der Waals surface area contributed by atoms with E-state index >= 15 is 0 Å². The molecule has 2 aliphatic carbocycles. The number of aliphatic hydroxyl groups excluding tert-OH is 2. The first-order chi connectivity index (χ1) is 34.2. The fraction of sp³-hybridized carbons (Fsp3) is 0.429. The molecule has 4 atom stereocenters. The molecule has 0 aromatic heterocycles. The Morgan fingerprint density at radius 3 is 1.13 bits per heavy atom. The van der Waals surface area contributed by atoms with Crippen molar-refractivity contribution < 1.29 is 67.2 Å². The fourth-order valence-corrected chi connectivity index (χ4v) is 8.74. The maximum Gasteiger partial charge on any atom is 0.338 e. The van der Waals surface area contributed by atoms with E-state index in [0.29, 0.717) is 59.2 Å². The smallest absolute Gasteiger partial charge is 0.338 e. The van der Waals surface area contributed by atoms with Crippen LogP contribution in [0.4, 0.5) is 0 Å². The van der Waals surface area contributed by atoms with Crippen LogP contribution in [0.1, 0.15) is 95.0 Å². The van der Waals surface area contributed by atoms with Crippen molar-refractivity contribution >= 4 is 11.9 Å². The van der Waals surface area contributed by atoms with Crippen LogP contribution in [0.2, 0.25) is 0 Å². The van der Waals surface area contributed by atoms with Crippen molar-refractivity contribution in [3.63, 3.8) is 0 Å². The molecule has 2 heterocycles. The summed E-state index contributed by atoms with van der Waals surface area (Å²) in [4.78, 5) is 25.9. The molecule has 0 amide bonds. The van der Waals surface area contributed by atoms with E-state index in [2.05, 4.69) is 24.3 Å². The molecule has 4 unspecified atom stereocenters. The lowest BCUT2D eigenvalue weighted by atomic mass is 9.83. The van der Waals surface area contributed by atoms with Crippen molar-refractivity contribution in [2.75, 3.05) is 52.9 Å². The van der Waals surface area contributed by atoms with E-state index in [1.54, 1.807) is 72.8 Å². The van der Waals surface area contributed by atoms with Gasteiger partial charge in [-0.25, -0.2) is 9.59 Å². The average molecular weight is 959 g/mol. The molecule has 4 fully saturated rings. The molecule has 0 bridgehead atoms. The summed E-state index contributed by atoms with van der Waals surface area (Å²) >= 11 is 0. The number of carbonyl (C=O) groups is 2. The molecule has 5 aromatic carbocycles. The van der Waals surface area contributed by atoms with Crippen LogP contribution >= 0.6 is 0 Å². The number of hydrogen-bond donors (Lipinski definition) is 2. The van der Waals surface area contributed by atoms with Crippen molar-refractivity contribution in [3.05, 3.63) is 144 Å². The first-order valence-electron chi connectivity index (χ1n) is 24.5. The van der Waals surface area contributed by atoms with Crippen LogP contribution in [-0.2, 0) is 18.9 Å². The number of rotatable bonds is 24. The minimum atomic E-state index is -0.939. The van der Waals surface area contributed by atoms with E-state index < -0.39 is 12.2 Å². The molecule has 0 spiro atoms. The zero-order valence-electron chi connectivity index (χ0n) is 39.3. The van der Waals surface area contributed by atoms with Gasteiger partial charge in [0.25, 0.3) is 0 Å². The van der Waals surface area contributed by atoms with Gasteiger partial charge in [0.05, 0.1) is 24.3 Å². The molecule has 2 N–H and O–H groups in total. The highest BCUT2D eigenvalue weighted by Gasteiger charge is 2.28. The van der Waals surface area contributed by atoms with E-state index in [1.807, 2.05) is 24.3 Å². The maximum absolute atomic E-state index is 12.9. The number of aliphatic hydroxyl groups is 2. The van der Waals surface area contributed by atoms with Crippen LogP contribution in [0.5, 0.6) is 34.5 Å². The third kappa shape index (κ3) is 14.8. The summed E-state index contributed by atoms with van der Waals surface area (Å²) in [5.74, 6) is 3.76. The molecule has 70 heavy (non-hydrogen) atoms. The SMILES string of the molecule is O=C(O[C@H]1CC[C@H](c2ccc(OCC3CO3)cc2)CC1)c1ccc(OCC(O)COc2cccc(OCC(O)COc3ccc(C(=O)O[C@H]4CC[C@H](c5ccc(OCC6CO6)cc5)CC4)cc3)c2)cc1. The third-order valence-electron chi connectivity index (χ3n) is 13.0. The Morgan fingerprint density at radius 2 is 0.771 bits per heavy atom. The molecule has 4 aliphatic rings. The predicted molar refractivity (Wildman–Crippen MR) is 257 cm³/mol. The standard InChI is InChI=1S/C56H62O14/c57-43(29-61-45-20-12-41(13-21-45)55(59)69-49-24-8-39(9-25-49)37-4-16-47(17-5-37)65-33-53-35-67-53)31-63-51-2-1-3-52(28-51)64-32-44(58)30-62-46-22-14-42(15-23-46)56(60)70-50-26-10-40(11-27-50)38-6-18-48(19-7-38)66-34-54-36-68-54/h1-7,12-23,28,39-40,43-44,49-50,53-54,57-58H,8-11,24-27,29-36H2/t39-,40-,43?,44?,49-,50-,53?,54?. The van der Waals surface area contributed by atoms with Gasteiger partial charge in [-0.2, -0.15) is 0 Å². The Kier molecular flexibility index (Phi) is 16.7. The second kappa shape index (κ2) is 24.0. The fourth-order valence-electron chi connectivity index (χ4n) is 8.74. The quantitative estimate of drug-likeness (QED) is 0.0444. The number of hydrogen-bond acceptors (Lipinski definition) is 14. The molecule has 2 saturated carbocycles. The normalized spacial score (nSPS) is 22.4. The minimum absolute atomic E-state index is 0.0283. The molecule has 5 aromatic rings. The number of esters is 2. The summed E-state index contributed by atoms with van der Waals surface area (Å²) in [7, 11) is 0. The topological polar surface area (TPSA) is 174 Å². The molecular weight excluding hydrogens is 897 g/mol. The highest BCUT2D eigenvalue weighted by molar-refractivity contribution is 5.90. The second-order valence-corrected chi connectivity index (χ2v) is 18.5. The van der Waals surface area contributed by atoms with Gasteiger partial charge in [-0.1, -0.05) is 30.3 Å². The summed E-state index contributed by atoms with van der Waals surface area (Å²) in [6, 6.07) is 36.8. The number of epoxide rings is 2. The predicted octanol–water partition coefficient (Wildman–Crippen LogP) is 8.65. The van der Waals surface area contributed by atoms with Crippen LogP contribution in [0.15, 0.2) is 121 Å². The van der Waals surface area contributed by atoms with Gasteiger partial charge < -0.3 is 57.6 Å². The number of benzene rings is 5. The van der Waals surface area contributed by atoms with Crippen LogP contribution in [0, 0.1) is 0 Å². The van der Waals surface area contributed by atoms with Crippen molar-refractivity contribution in [2.24, 2.45) is 0 Å². The van der Waals surface area contributed by atoms with Gasteiger partial charge >= 0.3 is 11.9 Å². The van der Waals surface area contributed by atoms with Gasteiger partial charge in [0.2, 0.25) is 0 Å². The number of ether oxygens (including phenoxy) is 10. The van der Waals surface area contributed by atoms with Crippen molar-refractivity contribution in [1.29, 1.82) is 0 Å². The Bertz CT molecular complexity index is 2240. The largest absolute Gasteiger partial charge is 0.491 e. The lowest BCUT2D eigenvalue weighted by Gasteiger charge is -2.28. The first kappa shape index (κ1) is 48.7. The highest BCUT2D eigenvalue weighted by atomic mass is 16.6. The van der Waals surface area contributed by atoms with Crippen LogP contribution < -0.4 is 28.4 Å². The highest BCUT2D eigenvalue weighted by Crippen LogP contribution is 2.37. The maximum atomic E-state index is 12.9. The van der Waals surface area contributed by atoms with Crippen molar-refractivity contribution in [1.82, 2.24) is 0 Å². The van der Waals surface area contributed by atoms with E-state index in [-0.39, 0.29) is 62.8 Å². The summed E-state index contributed by atoms with van der Waals surface area (Å²) in [5.41, 5.74) is 3.43. The van der Waals surface area contributed by atoms with E-state index in [0.717, 1.165) is 76.1 Å². The van der Waals surface area contributed by atoms with E-state index in [1.165, 1.54) is 11.1 Å². The molecule has 9 rings (SSSR count). The minimum Gasteiger partial charge on any atom is -0.491 e. The van der Waals surface area contributed by atoms with Gasteiger partial charge in [-0.05, 0) is 159 Å². The van der Waals surface area contributed by atoms with Crippen molar-refractivity contribution in [2.45, 2.75) is 99.8 Å². The lowest BCUT2D eigenvalue weighted by molar-refractivity contribution is 0.0186. The van der Waals surface area contributed by atoms with E-state index in [9.17, 15) is 19.8 Å². The monoisotopic (exact) mass is 958 g/mol. The summed E-state index contributed by atoms with van der Waals surface area (Å²) in [6.07, 6.45) is 5.33. The summed E-state index contributed by atoms with van der Waals surface area (Å²) < 4.78 is 56.7. The second-order valence-electron chi connectivity index (χ2n) is 18.5. The Hall–Kier alpha value is -6.32. The van der Waals surface area contributed by atoms with Gasteiger partial charge in [0, 0.05) is 6.07 Å². The average Bonchev–Trinajstić information content (AvgIpc) is 4.36. The summed E-state index contributed by atoms with van der Waals surface area (Å²) in [5, 5.41) is 21.2.